The van der Waals surface area contributed by atoms with Gasteiger partial charge in [0.1, 0.15) is 5.75 Å². The normalized spacial score (nSPS) is 13.2. The second-order valence-corrected chi connectivity index (χ2v) is 5.86. The van der Waals surface area contributed by atoms with E-state index >= 15 is 0 Å². The summed E-state index contributed by atoms with van der Waals surface area (Å²) in [7, 11) is 0. The molecule has 2 aromatic rings. The maximum absolute atomic E-state index is 12.0. The summed E-state index contributed by atoms with van der Waals surface area (Å²) in [5, 5.41) is 6.27. The van der Waals surface area contributed by atoms with E-state index in [9.17, 15) is 9.59 Å². The molecule has 0 fully saturated rings. The molecule has 7 heteroatoms. The molecule has 0 unspecified atom stereocenters. The van der Waals surface area contributed by atoms with Crippen LogP contribution >= 0.6 is 23.2 Å². The minimum atomic E-state index is -0.316. The first-order valence-electron chi connectivity index (χ1n) is 7.02. The molecule has 2 aromatic carbocycles. The monoisotopic (exact) mass is 362 g/mol. The smallest absolute Gasteiger partial charge is 0.262 e. The van der Waals surface area contributed by atoms with Crippen molar-refractivity contribution in [2.75, 3.05) is 17.2 Å². The zero-order valence-electron chi connectivity index (χ0n) is 12.3. The van der Waals surface area contributed by atoms with Crippen LogP contribution in [0.2, 0.25) is 10.0 Å². The average Bonchev–Trinajstić information content (AvgIpc) is 2.55. The number of benzene rings is 2. The highest BCUT2D eigenvalue weighted by atomic mass is 35.5. The second kappa shape index (κ2) is 6.95. The predicted molar refractivity (Wildman–Crippen MR) is 94.7 cm³/mol. The SMILES string of the molecule is O=C(/C=C/c1ccc(Cl)c(Cl)c1)Nc1ccc2c(c1)NC(=O)CO2. The van der Waals surface area contributed by atoms with E-state index in [1.165, 1.54) is 6.08 Å². The molecule has 2 amide bonds. The van der Waals surface area contributed by atoms with Crippen molar-refractivity contribution in [3.63, 3.8) is 0 Å². The molecule has 2 N–H and O–H groups in total. The van der Waals surface area contributed by atoms with Gasteiger partial charge in [0.05, 0.1) is 15.7 Å². The van der Waals surface area contributed by atoms with Crippen molar-refractivity contribution in [2.24, 2.45) is 0 Å². The molecule has 3 rings (SSSR count). The maximum Gasteiger partial charge on any atom is 0.262 e. The molecular weight excluding hydrogens is 351 g/mol. The number of amides is 2. The Kier molecular flexibility index (Phi) is 4.74. The van der Waals surface area contributed by atoms with E-state index in [0.29, 0.717) is 27.2 Å². The van der Waals surface area contributed by atoms with Crippen molar-refractivity contribution in [1.29, 1.82) is 0 Å². The summed E-state index contributed by atoms with van der Waals surface area (Å²) in [6.07, 6.45) is 3.01. The fourth-order valence-electron chi connectivity index (χ4n) is 2.13. The number of fused-ring (bicyclic) bond motifs is 1. The Hall–Kier alpha value is -2.50. The molecule has 0 aromatic heterocycles. The van der Waals surface area contributed by atoms with Crippen molar-refractivity contribution >= 4 is 52.5 Å². The van der Waals surface area contributed by atoms with Gasteiger partial charge in [-0.1, -0.05) is 29.3 Å². The summed E-state index contributed by atoms with van der Waals surface area (Å²) in [5.41, 5.74) is 1.83. The van der Waals surface area contributed by atoms with Crippen molar-refractivity contribution < 1.29 is 14.3 Å². The van der Waals surface area contributed by atoms with Gasteiger partial charge in [-0.2, -0.15) is 0 Å². The van der Waals surface area contributed by atoms with Crippen molar-refractivity contribution in [2.45, 2.75) is 0 Å². The van der Waals surface area contributed by atoms with Gasteiger partial charge in [-0.3, -0.25) is 9.59 Å². The highest BCUT2D eigenvalue weighted by Gasteiger charge is 2.16. The Morgan fingerprint density at radius 2 is 2.00 bits per heavy atom. The Morgan fingerprint density at radius 3 is 2.79 bits per heavy atom. The number of ether oxygens (including phenoxy) is 1. The van der Waals surface area contributed by atoms with Gasteiger partial charge in [-0.05, 0) is 42.0 Å². The Bertz CT molecular complexity index is 850. The molecule has 1 heterocycles. The fraction of sp³-hybridized carbons (Fsp3) is 0.0588. The minimum Gasteiger partial charge on any atom is -0.482 e. The molecule has 0 aliphatic carbocycles. The van der Waals surface area contributed by atoms with E-state index in [1.54, 1.807) is 42.5 Å². The molecule has 1 aliphatic rings. The van der Waals surface area contributed by atoms with E-state index < -0.39 is 0 Å². The number of anilines is 2. The van der Waals surface area contributed by atoms with Gasteiger partial charge < -0.3 is 15.4 Å². The maximum atomic E-state index is 12.0. The van der Waals surface area contributed by atoms with Crippen LogP contribution in [0.4, 0.5) is 11.4 Å². The van der Waals surface area contributed by atoms with Gasteiger partial charge in [0, 0.05) is 11.8 Å². The number of halogens is 2. The Morgan fingerprint density at radius 1 is 1.17 bits per heavy atom. The molecule has 0 atom stereocenters. The first-order valence-corrected chi connectivity index (χ1v) is 7.78. The van der Waals surface area contributed by atoms with Crippen LogP contribution in [0.1, 0.15) is 5.56 Å². The molecule has 1 aliphatic heterocycles. The van der Waals surface area contributed by atoms with E-state index in [1.807, 2.05) is 0 Å². The number of nitrogens with one attached hydrogen (secondary N) is 2. The number of hydrogen-bond donors (Lipinski definition) is 2. The lowest BCUT2D eigenvalue weighted by Crippen LogP contribution is -2.25. The summed E-state index contributed by atoms with van der Waals surface area (Å²) in [4.78, 5) is 23.3. The standard InChI is InChI=1S/C17H12Cl2N2O3/c18-12-4-1-10(7-13(12)19)2-6-16(22)20-11-3-5-15-14(8-11)21-17(23)9-24-15/h1-8H,9H2,(H,20,22)(H,21,23)/b6-2+. The summed E-state index contributed by atoms with van der Waals surface area (Å²) < 4.78 is 5.26. The lowest BCUT2D eigenvalue weighted by Gasteiger charge is -2.18. The lowest BCUT2D eigenvalue weighted by molar-refractivity contribution is -0.118. The third-order valence-electron chi connectivity index (χ3n) is 3.25. The molecule has 0 saturated heterocycles. The van der Waals surface area contributed by atoms with Crippen molar-refractivity contribution in [3.8, 4) is 5.75 Å². The minimum absolute atomic E-state index is 0.00883. The second-order valence-electron chi connectivity index (χ2n) is 5.04. The first-order chi connectivity index (χ1) is 11.5. The molecule has 0 spiro atoms. The number of hydrogen-bond acceptors (Lipinski definition) is 3. The first kappa shape index (κ1) is 16.4. The van der Waals surface area contributed by atoms with Crippen molar-refractivity contribution in [3.05, 3.63) is 58.1 Å². The van der Waals surface area contributed by atoms with Gasteiger partial charge in [-0.15, -0.1) is 0 Å². The van der Waals surface area contributed by atoms with Crippen molar-refractivity contribution in [1.82, 2.24) is 0 Å². The summed E-state index contributed by atoms with van der Waals surface area (Å²) in [6, 6.07) is 10.1. The highest BCUT2D eigenvalue weighted by Crippen LogP contribution is 2.30. The molecule has 0 saturated carbocycles. The molecule has 5 nitrogen and oxygen atoms in total. The quantitative estimate of drug-likeness (QED) is 0.811. The van der Waals surface area contributed by atoms with Gasteiger partial charge in [0.2, 0.25) is 5.91 Å². The van der Waals surface area contributed by atoms with E-state index in [4.69, 9.17) is 27.9 Å². The average molecular weight is 363 g/mol. The zero-order chi connectivity index (χ0) is 17.1. The number of carbonyl (C=O) groups is 2. The number of rotatable bonds is 3. The fourth-order valence-corrected chi connectivity index (χ4v) is 2.44. The van der Waals surface area contributed by atoms with Crippen LogP contribution in [0.25, 0.3) is 6.08 Å². The van der Waals surface area contributed by atoms with E-state index in [0.717, 1.165) is 5.56 Å². The van der Waals surface area contributed by atoms with E-state index in [2.05, 4.69) is 10.6 Å². The molecular formula is C17H12Cl2N2O3. The molecule has 0 radical (unpaired) electrons. The molecule has 122 valence electrons. The lowest BCUT2D eigenvalue weighted by atomic mass is 10.2. The third-order valence-corrected chi connectivity index (χ3v) is 3.99. The van der Waals surface area contributed by atoms with Gasteiger partial charge >= 0.3 is 0 Å². The van der Waals surface area contributed by atoms with E-state index in [-0.39, 0.29) is 18.4 Å². The zero-order valence-corrected chi connectivity index (χ0v) is 13.8. The molecule has 24 heavy (non-hydrogen) atoms. The van der Waals surface area contributed by atoms with Crippen LogP contribution in [0.15, 0.2) is 42.5 Å². The van der Waals surface area contributed by atoms with Crippen LogP contribution < -0.4 is 15.4 Å². The van der Waals surface area contributed by atoms with Crippen LogP contribution in [-0.2, 0) is 9.59 Å². The van der Waals surface area contributed by atoms with Gasteiger partial charge in [0.25, 0.3) is 5.91 Å². The highest BCUT2D eigenvalue weighted by molar-refractivity contribution is 6.42. The predicted octanol–water partition coefficient (Wildman–Crippen LogP) is 3.98. The Balaban J connectivity index is 1.68. The summed E-state index contributed by atoms with van der Waals surface area (Å²) >= 11 is 11.8. The largest absolute Gasteiger partial charge is 0.482 e. The topological polar surface area (TPSA) is 67.4 Å². The summed E-state index contributed by atoms with van der Waals surface area (Å²) in [6.45, 7) is -0.00883. The van der Waals surface area contributed by atoms with Crippen LogP contribution in [-0.4, -0.2) is 18.4 Å². The summed E-state index contributed by atoms with van der Waals surface area (Å²) in [5.74, 6) is 0.0218. The van der Waals surface area contributed by atoms with Gasteiger partial charge in [0.15, 0.2) is 6.61 Å². The third kappa shape index (κ3) is 3.88. The van der Waals surface area contributed by atoms with Gasteiger partial charge in [-0.25, -0.2) is 0 Å². The molecule has 0 bridgehead atoms. The Labute approximate surface area is 148 Å². The number of carbonyl (C=O) groups excluding carboxylic acids is 2. The van der Waals surface area contributed by atoms with Crippen LogP contribution in [0, 0.1) is 0 Å². The van der Waals surface area contributed by atoms with Crippen LogP contribution in [0.3, 0.4) is 0 Å². The van der Waals surface area contributed by atoms with Crippen LogP contribution in [0.5, 0.6) is 5.75 Å².